The van der Waals surface area contributed by atoms with Gasteiger partial charge in [0, 0.05) is 5.41 Å². The largest absolute Gasteiger partial charge is 0.461 e. The monoisotopic (exact) mass is 326 g/mol. The maximum absolute atomic E-state index is 12.2. The molecule has 1 aromatic carbocycles. The Kier molecular flexibility index (Phi) is 5.37. The third-order valence-corrected chi connectivity index (χ3v) is 4.04. The standard InChI is InChI=1S/C20H26N2O2/c1-19(2,3)16-11-17(22-21-13-16)20(4,5)12-18(23)24-14-15-9-7-6-8-10-15/h6-11,13H,12,14H2,1-5H3. The first-order valence-corrected chi connectivity index (χ1v) is 8.22. The van der Waals surface area contributed by atoms with Crippen LogP contribution in [0.2, 0.25) is 0 Å². The van der Waals surface area contributed by atoms with E-state index in [1.807, 2.05) is 50.2 Å². The summed E-state index contributed by atoms with van der Waals surface area (Å²) in [6.07, 6.45) is 2.05. The quantitative estimate of drug-likeness (QED) is 0.773. The van der Waals surface area contributed by atoms with Crippen molar-refractivity contribution in [1.82, 2.24) is 10.2 Å². The van der Waals surface area contributed by atoms with Crippen LogP contribution in [-0.4, -0.2) is 16.2 Å². The predicted molar refractivity (Wildman–Crippen MR) is 94.6 cm³/mol. The molecule has 0 aliphatic rings. The Hall–Kier alpha value is -2.23. The number of nitrogens with zero attached hydrogens (tertiary/aromatic N) is 2. The van der Waals surface area contributed by atoms with Gasteiger partial charge in [-0.3, -0.25) is 4.79 Å². The molecule has 0 saturated carbocycles. The van der Waals surface area contributed by atoms with E-state index in [9.17, 15) is 4.79 Å². The topological polar surface area (TPSA) is 52.1 Å². The van der Waals surface area contributed by atoms with Crippen LogP contribution >= 0.6 is 0 Å². The van der Waals surface area contributed by atoms with Crippen LogP contribution in [0.15, 0.2) is 42.6 Å². The molecule has 1 aromatic heterocycles. The lowest BCUT2D eigenvalue weighted by Gasteiger charge is -2.25. The van der Waals surface area contributed by atoms with Gasteiger partial charge in [0.15, 0.2) is 0 Å². The summed E-state index contributed by atoms with van der Waals surface area (Å²) in [5.41, 5.74) is 2.47. The second kappa shape index (κ2) is 7.12. The van der Waals surface area contributed by atoms with Crippen molar-refractivity contribution in [2.24, 2.45) is 0 Å². The molecule has 2 rings (SSSR count). The van der Waals surface area contributed by atoms with Crippen LogP contribution in [0.1, 0.15) is 57.9 Å². The van der Waals surface area contributed by atoms with Gasteiger partial charge in [0.2, 0.25) is 0 Å². The minimum atomic E-state index is -0.429. The second-order valence-electron chi connectivity index (χ2n) is 7.79. The number of esters is 1. The van der Waals surface area contributed by atoms with E-state index in [2.05, 4.69) is 31.0 Å². The fraction of sp³-hybridized carbons (Fsp3) is 0.450. The van der Waals surface area contributed by atoms with Crippen molar-refractivity contribution < 1.29 is 9.53 Å². The Morgan fingerprint density at radius 2 is 1.75 bits per heavy atom. The van der Waals surface area contributed by atoms with Gasteiger partial charge in [-0.15, -0.1) is 0 Å². The zero-order chi connectivity index (χ0) is 17.8. The average molecular weight is 326 g/mol. The van der Waals surface area contributed by atoms with Crippen molar-refractivity contribution in [3.8, 4) is 0 Å². The minimum Gasteiger partial charge on any atom is -0.461 e. The van der Waals surface area contributed by atoms with Gasteiger partial charge in [-0.25, -0.2) is 0 Å². The van der Waals surface area contributed by atoms with E-state index in [0.29, 0.717) is 6.61 Å². The second-order valence-corrected chi connectivity index (χ2v) is 7.79. The normalized spacial score (nSPS) is 12.0. The first-order valence-electron chi connectivity index (χ1n) is 8.22. The van der Waals surface area contributed by atoms with Crippen molar-refractivity contribution in [2.75, 3.05) is 0 Å². The summed E-state index contributed by atoms with van der Waals surface area (Å²) in [5, 5.41) is 8.35. The maximum Gasteiger partial charge on any atom is 0.307 e. The van der Waals surface area contributed by atoms with Crippen molar-refractivity contribution >= 4 is 5.97 Å². The highest BCUT2D eigenvalue weighted by atomic mass is 16.5. The predicted octanol–water partition coefficient (Wildman–Crippen LogP) is 4.19. The van der Waals surface area contributed by atoms with Crippen LogP contribution in [-0.2, 0) is 27.0 Å². The molecule has 24 heavy (non-hydrogen) atoms. The number of ether oxygens (including phenoxy) is 1. The van der Waals surface area contributed by atoms with Gasteiger partial charge in [0.1, 0.15) is 6.61 Å². The number of carbonyl (C=O) groups excluding carboxylic acids is 1. The van der Waals surface area contributed by atoms with E-state index >= 15 is 0 Å². The van der Waals surface area contributed by atoms with E-state index in [-0.39, 0.29) is 17.8 Å². The summed E-state index contributed by atoms with van der Waals surface area (Å²) in [5.74, 6) is -0.230. The van der Waals surface area contributed by atoms with Crippen LogP contribution < -0.4 is 0 Å². The Morgan fingerprint density at radius 3 is 2.38 bits per heavy atom. The van der Waals surface area contributed by atoms with E-state index in [1.54, 1.807) is 6.20 Å². The van der Waals surface area contributed by atoms with Crippen LogP contribution in [0.5, 0.6) is 0 Å². The molecule has 0 saturated heterocycles. The number of rotatable bonds is 5. The van der Waals surface area contributed by atoms with E-state index in [1.165, 1.54) is 0 Å². The SMILES string of the molecule is CC(C)(C)c1cnnc(C(C)(C)CC(=O)OCc2ccccc2)c1. The molecular weight excluding hydrogens is 300 g/mol. The van der Waals surface area contributed by atoms with Crippen LogP contribution in [0, 0.1) is 0 Å². The molecule has 0 spiro atoms. The molecule has 0 unspecified atom stereocenters. The summed E-state index contributed by atoms with van der Waals surface area (Å²) in [6, 6.07) is 11.7. The molecule has 0 amide bonds. The molecule has 0 fully saturated rings. The molecule has 4 heteroatoms. The van der Waals surface area contributed by atoms with Gasteiger partial charge in [0.05, 0.1) is 18.3 Å². The Morgan fingerprint density at radius 1 is 1.08 bits per heavy atom. The van der Waals surface area contributed by atoms with Crippen molar-refractivity contribution in [3.63, 3.8) is 0 Å². The summed E-state index contributed by atoms with van der Waals surface area (Å²) in [7, 11) is 0. The lowest BCUT2D eigenvalue weighted by molar-refractivity contribution is -0.146. The summed E-state index contributed by atoms with van der Waals surface area (Å²) < 4.78 is 5.40. The number of benzene rings is 1. The lowest BCUT2D eigenvalue weighted by atomic mass is 9.82. The zero-order valence-electron chi connectivity index (χ0n) is 15.2. The average Bonchev–Trinajstić information content (AvgIpc) is 2.53. The maximum atomic E-state index is 12.2. The summed E-state index contributed by atoms with van der Waals surface area (Å²) in [6.45, 7) is 10.7. The molecule has 128 valence electrons. The van der Waals surface area contributed by atoms with Gasteiger partial charge >= 0.3 is 5.97 Å². The summed E-state index contributed by atoms with van der Waals surface area (Å²) >= 11 is 0. The van der Waals surface area contributed by atoms with E-state index in [4.69, 9.17) is 4.74 Å². The first kappa shape index (κ1) is 18.1. The van der Waals surface area contributed by atoms with Crippen molar-refractivity contribution in [3.05, 3.63) is 59.4 Å². The molecule has 0 radical (unpaired) electrons. The Labute approximate surface area is 144 Å². The third-order valence-electron chi connectivity index (χ3n) is 4.04. The fourth-order valence-electron chi connectivity index (χ4n) is 2.35. The molecule has 0 aliphatic carbocycles. The molecule has 4 nitrogen and oxygen atoms in total. The van der Waals surface area contributed by atoms with Gasteiger partial charge < -0.3 is 4.74 Å². The third kappa shape index (κ3) is 4.88. The van der Waals surface area contributed by atoms with E-state index < -0.39 is 5.41 Å². The smallest absolute Gasteiger partial charge is 0.307 e. The van der Waals surface area contributed by atoms with E-state index in [0.717, 1.165) is 16.8 Å². The van der Waals surface area contributed by atoms with Gasteiger partial charge in [-0.1, -0.05) is 65.0 Å². The number of carbonyl (C=O) groups is 1. The lowest BCUT2D eigenvalue weighted by Crippen LogP contribution is -2.26. The highest BCUT2D eigenvalue weighted by molar-refractivity contribution is 5.71. The Bertz CT molecular complexity index is 688. The zero-order valence-corrected chi connectivity index (χ0v) is 15.2. The highest BCUT2D eigenvalue weighted by Gasteiger charge is 2.28. The van der Waals surface area contributed by atoms with Gasteiger partial charge in [-0.05, 0) is 22.6 Å². The van der Waals surface area contributed by atoms with Crippen LogP contribution in [0.3, 0.4) is 0 Å². The van der Waals surface area contributed by atoms with Crippen molar-refractivity contribution in [2.45, 2.75) is 58.5 Å². The van der Waals surface area contributed by atoms with Crippen LogP contribution in [0.4, 0.5) is 0 Å². The van der Waals surface area contributed by atoms with Crippen molar-refractivity contribution in [1.29, 1.82) is 0 Å². The van der Waals surface area contributed by atoms with Gasteiger partial charge in [0.25, 0.3) is 0 Å². The Balaban J connectivity index is 2.03. The van der Waals surface area contributed by atoms with Crippen LogP contribution in [0.25, 0.3) is 0 Å². The van der Waals surface area contributed by atoms with Gasteiger partial charge in [-0.2, -0.15) is 10.2 Å². The summed E-state index contributed by atoms with van der Waals surface area (Å²) in [4.78, 5) is 12.2. The molecule has 0 atom stereocenters. The molecule has 0 N–H and O–H groups in total. The fourth-order valence-corrected chi connectivity index (χ4v) is 2.35. The number of aromatic nitrogens is 2. The molecule has 0 bridgehead atoms. The molecule has 1 heterocycles. The minimum absolute atomic E-state index is 0.00537. The number of hydrogen-bond donors (Lipinski definition) is 0. The molecule has 2 aromatic rings. The molecular formula is C20H26N2O2. The first-order chi connectivity index (χ1) is 11.2. The number of hydrogen-bond acceptors (Lipinski definition) is 4. The highest BCUT2D eigenvalue weighted by Crippen LogP contribution is 2.29. The molecule has 0 aliphatic heterocycles.